The molecule has 3 amide bonds. The predicted molar refractivity (Wildman–Crippen MR) is 139 cm³/mol. The second kappa shape index (κ2) is 11.0. The van der Waals surface area contributed by atoms with E-state index in [1.807, 2.05) is 39.0 Å². The average Bonchev–Trinajstić information content (AvgIpc) is 3.51. The Kier molecular flexibility index (Phi) is 8.28. The van der Waals surface area contributed by atoms with Crippen LogP contribution in [0.25, 0.3) is 0 Å². The summed E-state index contributed by atoms with van der Waals surface area (Å²) in [5, 5.41) is 5.51. The minimum atomic E-state index is -0.865. The molecule has 3 atom stereocenters. The van der Waals surface area contributed by atoms with Crippen molar-refractivity contribution in [1.82, 2.24) is 10.2 Å². The number of nitrogens with zero attached hydrogens (tertiary/aromatic N) is 1. The van der Waals surface area contributed by atoms with Crippen LogP contribution in [0.15, 0.2) is 42.5 Å². The fraction of sp³-hybridized carbons (Fsp3) is 0.464. The van der Waals surface area contributed by atoms with E-state index < -0.39 is 17.7 Å². The number of amides is 3. The highest BCUT2D eigenvalue weighted by molar-refractivity contribution is 5.99. The molecule has 0 heterocycles. The van der Waals surface area contributed by atoms with Crippen LogP contribution in [-0.4, -0.2) is 48.1 Å². The largest absolute Gasteiger partial charge is 0.497 e. The monoisotopic (exact) mass is 495 g/mol. The number of alkyl carbamates (subject to hydrolysis) is 1. The molecule has 194 valence electrons. The molecule has 2 aromatic rings. The zero-order valence-electron chi connectivity index (χ0n) is 22.2. The van der Waals surface area contributed by atoms with E-state index in [0.717, 1.165) is 23.1 Å². The molecule has 1 aliphatic rings. The molecule has 8 nitrogen and oxygen atoms in total. The highest BCUT2D eigenvalue weighted by atomic mass is 16.6. The maximum absolute atomic E-state index is 13.8. The molecule has 3 rings (SSSR count). The van der Waals surface area contributed by atoms with Gasteiger partial charge in [-0.2, -0.15) is 0 Å². The van der Waals surface area contributed by atoms with Crippen LogP contribution in [-0.2, 0) is 14.3 Å². The van der Waals surface area contributed by atoms with Crippen molar-refractivity contribution in [3.8, 4) is 5.75 Å². The lowest BCUT2D eigenvalue weighted by atomic mass is 9.96. The minimum absolute atomic E-state index is 0.106. The summed E-state index contributed by atoms with van der Waals surface area (Å²) in [6.07, 6.45) is 0.112. The van der Waals surface area contributed by atoms with Gasteiger partial charge in [0.25, 0.3) is 5.91 Å². The molecule has 1 fully saturated rings. The number of carbonyl (C=O) groups excluding carboxylic acids is 3. The van der Waals surface area contributed by atoms with E-state index in [2.05, 4.69) is 10.6 Å². The van der Waals surface area contributed by atoms with E-state index in [-0.39, 0.29) is 30.3 Å². The van der Waals surface area contributed by atoms with Gasteiger partial charge in [-0.3, -0.25) is 9.59 Å². The molecule has 1 aliphatic carbocycles. The number of methoxy groups -OCH3 is 1. The summed E-state index contributed by atoms with van der Waals surface area (Å²) in [6, 6.07) is 11.9. The topological polar surface area (TPSA) is 97.0 Å². The zero-order valence-corrected chi connectivity index (χ0v) is 22.2. The summed E-state index contributed by atoms with van der Waals surface area (Å²) < 4.78 is 10.5. The third-order valence-electron chi connectivity index (χ3n) is 6.10. The van der Waals surface area contributed by atoms with Crippen molar-refractivity contribution in [3.05, 3.63) is 59.2 Å². The van der Waals surface area contributed by atoms with Crippen LogP contribution >= 0.6 is 0 Å². The number of rotatable bonds is 8. The van der Waals surface area contributed by atoms with Gasteiger partial charge in [-0.05, 0) is 82.3 Å². The van der Waals surface area contributed by atoms with Gasteiger partial charge in [-0.25, -0.2) is 4.79 Å². The Morgan fingerprint density at radius 2 is 1.72 bits per heavy atom. The first-order valence-corrected chi connectivity index (χ1v) is 12.2. The Bertz CT molecular complexity index is 1110. The molecule has 2 aromatic carbocycles. The van der Waals surface area contributed by atoms with Crippen LogP contribution in [0, 0.1) is 19.8 Å². The van der Waals surface area contributed by atoms with Crippen molar-refractivity contribution in [3.63, 3.8) is 0 Å². The van der Waals surface area contributed by atoms with Crippen molar-refractivity contribution in [2.75, 3.05) is 19.0 Å². The fourth-order valence-electron chi connectivity index (χ4n) is 4.20. The first kappa shape index (κ1) is 27.0. The maximum Gasteiger partial charge on any atom is 0.408 e. The molecule has 3 unspecified atom stereocenters. The van der Waals surface area contributed by atoms with Crippen LogP contribution in [0.2, 0.25) is 0 Å². The van der Waals surface area contributed by atoms with Gasteiger partial charge < -0.3 is 25.0 Å². The summed E-state index contributed by atoms with van der Waals surface area (Å²) in [5.74, 6) is 0.259. The van der Waals surface area contributed by atoms with Crippen LogP contribution in [0.1, 0.15) is 56.8 Å². The third-order valence-corrected chi connectivity index (χ3v) is 6.10. The molecule has 0 aromatic heterocycles. The highest BCUT2D eigenvalue weighted by Gasteiger charge is 2.46. The first-order valence-electron chi connectivity index (χ1n) is 12.2. The number of aryl methyl sites for hydroxylation is 2. The van der Waals surface area contributed by atoms with Gasteiger partial charge in [0.1, 0.15) is 23.9 Å². The summed E-state index contributed by atoms with van der Waals surface area (Å²) in [5.41, 5.74) is 2.64. The van der Waals surface area contributed by atoms with Gasteiger partial charge in [0.2, 0.25) is 5.91 Å². The first-order chi connectivity index (χ1) is 16.9. The number of nitrogens with one attached hydrogen (secondary N) is 2. The molecule has 0 radical (unpaired) electrons. The highest BCUT2D eigenvalue weighted by Crippen LogP contribution is 2.41. The van der Waals surface area contributed by atoms with E-state index in [0.29, 0.717) is 11.4 Å². The Morgan fingerprint density at radius 1 is 1.08 bits per heavy atom. The fourth-order valence-corrected chi connectivity index (χ4v) is 4.20. The molecule has 2 N–H and O–H groups in total. The molecule has 8 heteroatoms. The molecule has 0 aliphatic heterocycles. The van der Waals surface area contributed by atoms with Gasteiger partial charge in [0.05, 0.1) is 7.11 Å². The van der Waals surface area contributed by atoms with Crippen LogP contribution in [0.4, 0.5) is 10.5 Å². The number of hydrogen-bond donors (Lipinski definition) is 2. The third kappa shape index (κ3) is 6.99. The Morgan fingerprint density at radius 3 is 2.25 bits per heavy atom. The molecule has 0 spiro atoms. The van der Waals surface area contributed by atoms with Gasteiger partial charge in [0, 0.05) is 11.7 Å². The number of benzene rings is 2. The van der Waals surface area contributed by atoms with Crippen molar-refractivity contribution in [2.24, 2.45) is 5.92 Å². The van der Waals surface area contributed by atoms with Gasteiger partial charge in [0.15, 0.2) is 0 Å². The second-order valence-electron chi connectivity index (χ2n) is 10.4. The molecular weight excluding hydrogens is 458 g/mol. The molecule has 0 bridgehead atoms. The second-order valence-corrected chi connectivity index (χ2v) is 10.4. The Balaban J connectivity index is 1.92. The van der Waals surface area contributed by atoms with E-state index in [1.165, 1.54) is 0 Å². The zero-order chi connectivity index (χ0) is 26.6. The van der Waals surface area contributed by atoms with E-state index in [9.17, 15) is 14.4 Å². The van der Waals surface area contributed by atoms with Gasteiger partial charge in [-0.1, -0.05) is 30.7 Å². The van der Waals surface area contributed by atoms with Crippen molar-refractivity contribution in [2.45, 2.75) is 65.6 Å². The summed E-state index contributed by atoms with van der Waals surface area (Å²) in [7, 11) is 1.58. The van der Waals surface area contributed by atoms with Gasteiger partial charge in [-0.15, -0.1) is 0 Å². The summed E-state index contributed by atoms with van der Waals surface area (Å²) in [4.78, 5) is 41.1. The summed E-state index contributed by atoms with van der Waals surface area (Å²) >= 11 is 0. The molecule has 0 saturated heterocycles. The van der Waals surface area contributed by atoms with Gasteiger partial charge >= 0.3 is 6.09 Å². The standard InChI is InChI=1S/C28H37N3O5/c1-17-8-13-22(18(2)14-17)25(26(33)30-20-9-11-21(35-7)12-10-20)31(23-15-19(23)3)24(32)16-29-27(34)36-28(4,5)6/h8-14,19,23,25H,15-16H2,1-7H3,(H,29,34)(H,30,33). The van der Waals surface area contributed by atoms with Crippen molar-refractivity contribution >= 4 is 23.6 Å². The van der Waals surface area contributed by atoms with Crippen LogP contribution < -0.4 is 15.4 Å². The lowest BCUT2D eigenvalue weighted by molar-refractivity contribution is -0.139. The lowest BCUT2D eigenvalue weighted by Gasteiger charge is -2.33. The molecule has 1 saturated carbocycles. The number of anilines is 1. The minimum Gasteiger partial charge on any atom is -0.497 e. The van der Waals surface area contributed by atoms with E-state index in [1.54, 1.807) is 57.0 Å². The molecular formula is C28H37N3O5. The smallest absolute Gasteiger partial charge is 0.408 e. The number of carbonyl (C=O) groups is 3. The Hall–Kier alpha value is -3.55. The number of hydrogen-bond acceptors (Lipinski definition) is 5. The average molecular weight is 496 g/mol. The van der Waals surface area contributed by atoms with Crippen molar-refractivity contribution in [1.29, 1.82) is 0 Å². The maximum atomic E-state index is 13.8. The predicted octanol–water partition coefficient (Wildman–Crippen LogP) is 4.75. The van der Waals surface area contributed by atoms with Crippen molar-refractivity contribution < 1.29 is 23.9 Å². The molecule has 36 heavy (non-hydrogen) atoms. The lowest BCUT2D eigenvalue weighted by Crippen LogP contribution is -2.48. The van der Waals surface area contributed by atoms with Crippen LogP contribution in [0.5, 0.6) is 5.75 Å². The van der Waals surface area contributed by atoms with E-state index in [4.69, 9.17) is 9.47 Å². The Labute approximate surface area is 213 Å². The SMILES string of the molecule is COc1ccc(NC(=O)C(c2ccc(C)cc2C)N(C(=O)CNC(=O)OC(C)(C)C)C2CC2C)cc1. The van der Waals surface area contributed by atoms with E-state index >= 15 is 0 Å². The quantitative estimate of drug-likeness (QED) is 0.551. The summed E-state index contributed by atoms with van der Waals surface area (Å²) in [6.45, 7) is 11.0. The van der Waals surface area contributed by atoms with Crippen LogP contribution in [0.3, 0.4) is 0 Å². The normalized spacial score (nSPS) is 17.5. The number of ether oxygens (including phenoxy) is 2.